The first kappa shape index (κ1) is 14.1. The molecule has 0 unspecified atom stereocenters. The number of hydrogen-bond acceptors (Lipinski definition) is 1. The fourth-order valence-corrected chi connectivity index (χ4v) is 2.33. The number of halogens is 2. The summed E-state index contributed by atoms with van der Waals surface area (Å²) in [5, 5.41) is 3.53. The van der Waals surface area contributed by atoms with Crippen molar-refractivity contribution in [2.24, 2.45) is 0 Å². The largest absolute Gasteiger partial charge is 0.322 e. The molecule has 2 nitrogen and oxygen atoms in total. The minimum Gasteiger partial charge on any atom is -0.322 e. The first-order valence-electron chi connectivity index (χ1n) is 5.81. The maximum Gasteiger partial charge on any atom is 0.255 e. The van der Waals surface area contributed by atoms with Crippen LogP contribution in [0.25, 0.3) is 0 Å². The molecule has 0 saturated carbocycles. The van der Waals surface area contributed by atoms with E-state index >= 15 is 0 Å². The van der Waals surface area contributed by atoms with Gasteiger partial charge in [-0.1, -0.05) is 29.8 Å². The number of carbonyl (C=O) groups is 1. The van der Waals surface area contributed by atoms with Crippen LogP contribution in [0.1, 0.15) is 21.5 Å². The molecule has 0 aliphatic heterocycles. The van der Waals surface area contributed by atoms with Crippen LogP contribution in [0, 0.1) is 13.8 Å². The Hall–Kier alpha value is -1.32. The summed E-state index contributed by atoms with van der Waals surface area (Å²) in [7, 11) is 0. The lowest BCUT2D eigenvalue weighted by molar-refractivity contribution is 0.102. The number of aryl methyl sites for hydroxylation is 2. The van der Waals surface area contributed by atoms with Gasteiger partial charge in [0.25, 0.3) is 5.91 Å². The van der Waals surface area contributed by atoms with Gasteiger partial charge in [-0.2, -0.15) is 0 Å². The molecule has 0 aromatic heterocycles. The average Bonchev–Trinajstić information content (AvgIpc) is 2.37. The van der Waals surface area contributed by atoms with E-state index in [1.54, 1.807) is 18.2 Å². The Morgan fingerprint density at radius 3 is 2.37 bits per heavy atom. The minimum absolute atomic E-state index is 0.144. The molecule has 2 rings (SSSR count). The zero-order valence-corrected chi connectivity index (χ0v) is 13.0. The van der Waals surface area contributed by atoms with Gasteiger partial charge in [0.05, 0.1) is 5.02 Å². The number of rotatable bonds is 2. The zero-order valence-electron chi connectivity index (χ0n) is 10.6. The standard InChI is InChI=1S/C15H13BrClNO/c1-9-4-3-5-10(2)14(9)18-15(19)11-6-7-13(17)12(16)8-11/h3-8H,1-2H3,(H,18,19). The molecule has 19 heavy (non-hydrogen) atoms. The molecule has 1 N–H and O–H groups in total. The Bertz CT molecular complexity index is 620. The van der Waals surface area contributed by atoms with Crippen molar-refractivity contribution in [3.8, 4) is 0 Å². The van der Waals surface area contributed by atoms with Gasteiger partial charge in [0.2, 0.25) is 0 Å². The Balaban J connectivity index is 2.28. The second-order valence-corrected chi connectivity index (χ2v) is 5.61. The molecule has 2 aromatic rings. The van der Waals surface area contributed by atoms with Gasteiger partial charge < -0.3 is 5.32 Å². The quantitative estimate of drug-likeness (QED) is 0.823. The van der Waals surface area contributed by atoms with Gasteiger partial charge in [-0.15, -0.1) is 0 Å². The smallest absolute Gasteiger partial charge is 0.255 e. The van der Waals surface area contributed by atoms with Gasteiger partial charge in [-0.05, 0) is 59.1 Å². The molecule has 0 spiro atoms. The molecular formula is C15H13BrClNO. The number of anilines is 1. The van der Waals surface area contributed by atoms with Crippen LogP contribution in [0.3, 0.4) is 0 Å². The number of amides is 1. The van der Waals surface area contributed by atoms with Crippen molar-refractivity contribution in [2.75, 3.05) is 5.32 Å². The van der Waals surface area contributed by atoms with Gasteiger partial charge in [0.15, 0.2) is 0 Å². The van der Waals surface area contributed by atoms with Crippen molar-refractivity contribution >= 4 is 39.1 Å². The van der Waals surface area contributed by atoms with Crippen molar-refractivity contribution in [1.82, 2.24) is 0 Å². The highest BCUT2D eigenvalue weighted by Gasteiger charge is 2.10. The minimum atomic E-state index is -0.144. The Kier molecular flexibility index (Phi) is 4.27. The van der Waals surface area contributed by atoms with Gasteiger partial charge >= 0.3 is 0 Å². The third kappa shape index (κ3) is 3.17. The lowest BCUT2D eigenvalue weighted by Crippen LogP contribution is -2.13. The molecule has 1 amide bonds. The Morgan fingerprint density at radius 1 is 1.16 bits per heavy atom. The van der Waals surface area contributed by atoms with Gasteiger partial charge in [0, 0.05) is 15.7 Å². The van der Waals surface area contributed by atoms with Crippen LogP contribution in [-0.2, 0) is 0 Å². The molecule has 0 saturated heterocycles. The van der Waals surface area contributed by atoms with E-state index in [-0.39, 0.29) is 5.91 Å². The van der Waals surface area contributed by atoms with Crippen LogP contribution in [0.2, 0.25) is 5.02 Å². The molecular weight excluding hydrogens is 326 g/mol. The van der Waals surface area contributed by atoms with Crippen molar-refractivity contribution in [3.05, 3.63) is 62.6 Å². The second kappa shape index (κ2) is 5.76. The van der Waals surface area contributed by atoms with E-state index in [4.69, 9.17) is 11.6 Å². The summed E-state index contributed by atoms with van der Waals surface area (Å²) in [4.78, 5) is 12.2. The maximum absolute atomic E-state index is 12.2. The molecule has 0 radical (unpaired) electrons. The molecule has 0 bridgehead atoms. The van der Waals surface area contributed by atoms with Crippen LogP contribution < -0.4 is 5.32 Å². The van der Waals surface area contributed by atoms with E-state index in [1.807, 2.05) is 32.0 Å². The molecule has 4 heteroatoms. The monoisotopic (exact) mass is 337 g/mol. The molecule has 0 aliphatic rings. The van der Waals surface area contributed by atoms with E-state index in [0.29, 0.717) is 15.1 Å². The summed E-state index contributed by atoms with van der Waals surface area (Å²) in [6.07, 6.45) is 0. The Labute approximate surface area is 125 Å². The summed E-state index contributed by atoms with van der Waals surface area (Å²) in [5.74, 6) is -0.144. The molecule has 0 heterocycles. The highest BCUT2D eigenvalue weighted by atomic mass is 79.9. The van der Waals surface area contributed by atoms with E-state index in [0.717, 1.165) is 16.8 Å². The van der Waals surface area contributed by atoms with Crippen LogP contribution in [0.15, 0.2) is 40.9 Å². The van der Waals surface area contributed by atoms with Crippen LogP contribution in [0.5, 0.6) is 0 Å². The lowest BCUT2D eigenvalue weighted by Gasteiger charge is -2.11. The SMILES string of the molecule is Cc1cccc(C)c1NC(=O)c1ccc(Cl)c(Br)c1. The van der Waals surface area contributed by atoms with E-state index in [9.17, 15) is 4.79 Å². The molecule has 2 aromatic carbocycles. The maximum atomic E-state index is 12.2. The number of carbonyl (C=O) groups excluding carboxylic acids is 1. The summed E-state index contributed by atoms with van der Waals surface area (Å²) >= 11 is 9.23. The van der Waals surface area contributed by atoms with Crippen molar-refractivity contribution in [1.29, 1.82) is 0 Å². The fourth-order valence-electron chi connectivity index (χ4n) is 1.83. The number of hydrogen-bond donors (Lipinski definition) is 1. The number of nitrogens with one attached hydrogen (secondary N) is 1. The lowest BCUT2D eigenvalue weighted by atomic mass is 10.1. The van der Waals surface area contributed by atoms with Crippen molar-refractivity contribution in [2.45, 2.75) is 13.8 Å². The Morgan fingerprint density at radius 2 is 1.79 bits per heavy atom. The molecule has 0 atom stereocenters. The zero-order chi connectivity index (χ0) is 14.0. The van der Waals surface area contributed by atoms with E-state index in [2.05, 4.69) is 21.2 Å². The normalized spacial score (nSPS) is 10.3. The summed E-state index contributed by atoms with van der Waals surface area (Å²) < 4.78 is 0.711. The van der Waals surface area contributed by atoms with E-state index in [1.165, 1.54) is 0 Å². The summed E-state index contributed by atoms with van der Waals surface area (Å²) in [5.41, 5.74) is 3.51. The second-order valence-electron chi connectivity index (χ2n) is 4.35. The molecule has 98 valence electrons. The van der Waals surface area contributed by atoms with E-state index < -0.39 is 0 Å². The highest BCUT2D eigenvalue weighted by molar-refractivity contribution is 9.10. The molecule has 0 aliphatic carbocycles. The van der Waals surface area contributed by atoms with Gasteiger partial charge in [-0.25, -0.2) is 0 Å². The number of benzene rings is 2. The fraction of sp³-hybridized carbons (Fsp3) is 0.133. The average molecular weight is 339 g/mol. The molecule has 0 fully saturated rings. The summed E-state index contributed by atoms with van der Waals surface area (Å²) in [6.45, 7) is 3.95. The first-order chi connectivity index (χ1) is 8.99. The number of para-hydroxylation sites is 1. The highest BCUT2D eigenvalue weighted by Crippen LogP contribution is 2.25. The topological polar surface area (TPSA) is 29.1 Å². The van der Waals surface area contributed by atoms with Crippen molar-refractivity contribution in [3.63, 3.8) is 0 Å². The predicted octanol–water partition coefficient (Wildman–Crippen LogP) is 4.97. The van der Waals surface area contributed by atoms with Gasteiger partial charge in [-0.3, -0.25) is 4.79 Å². The van der Waals surface area contributed by atoms with Crippen LogP contribution in [-0.4, -0.2) is 5.91 Å². The summed E-state index contributed by atoms with van der Waals surface area (Å²) in [6, 6.07) is 11.0. The predicted molar refractivity (Wildman–Crippen MR) is 83.0 cm³/mol. The first-order valence-corrected chi connectivity index (χ1v) is 6.99. The van der Waals surface area contributed by atoms with Crippen molar-refractivity contribution < 1.29 is 4.79 Å². The third-order valence-electron chi connectivity index (χ3n) is 2.90. The van der Waals surface area contributed by atoms with Gasteiger partial charge in [0.1, 0.15) is 0 Å². The van der Waals surface area contributed by atoms with Crippen LogP contribution >= 0.6 is 27.5 Å². The third-order valence-corrected chi connectivity index (χ3v) is 4.12. The van der Waals surface area contributed by atoms with Crippen LogP contribution in [0.4, 0.5) is 5.69 Å².